The van der Waals surface area contributed by atoms with Crippen molar-refractivity contribution in [1.82, 2.24) is 0 Å². The van der Waals surface area contributed by atoms with E-state index in [4.69, 9.17) is 23.2 Å². The molecule has 1 amide bonds. The Morgan fingerprint density at radius 3 is 2.10 bits per heavy atom. The number of carbonyl (C=O) groups excluding carboxylic acids is 1. The number of benzene rings is 3. The molecule has 0 bridgehead atoms. The predicted molar refractivity (Wildman–Crippen MR) is 118 cm³/mol. The van der Waals surface area contributed by atoms with Gasteiger partial charge >= 0.3 is 0 Å². The van der Waals surface area contributed by atoms with Gasteiger partial charge in [0.1, 0.15) is 0 Å². The van der Waals surface area contributed by atoms with Gasteiger partial charge in [-0.3, -0.25) is 9.10 Å². The van der Waals surface area contributed by atoms with Crippen molar-refractivity contribution in [3.05, 3.63) is 87.9 Å². The SMILES string of the molecule is Cc1ccc(S(=O)(=O)N(C)c2ccc(C(=O)Nc3ccc(Cl)c(Cl)c3)cc2)cc1. The highest BCUT2D eigenvalue weighted by atomic mass is 35.5. The molecule has 3 rings (SSSR count). The molecule has 0 aliphatic rings. The van der Waals surface area contributed by atoms with E-state index >= 15 is 0 Å². The first-order valence-corrected chi connectivity index (χ1v) is 10.8. The largest absolute Gasteiger partial charge is 0.322 e. The monoisotopic (exact) mass is 448 g/mol. The summed E-state index contributed by atoms with van der Waals surface area (Å²) in [5.41, 5.74) is 2.30. The number of anilines is 2. The van der Waals surface area contributed by atoms with Gasteiger partial charge in [0, 0.05) is 18.3 Å². The normalized spacial score (nSPS) is 11.2. The third-order valence-electron chi connectivity index (χ3n) is 4.35. The minimum absolute atomic E-state index is 0.201. The van der Waals surface area contributed by atoms with Crippen LogP contribution in [0.4, 0.5) is 11.4 Å². The third-order valence-corrected chi connectivity index (χ3v) is 6.89. The molecule has 150 valence electrons. The summed E-state index contributed by atoms with van der Waals surface area (Å²) in [7, 11) is -2.22. The molecule has 0 atom stereocenters. The van der Waals surface area contributed by atoms with E-state index in [1.807, 2.05) is 6.92 Å². The Hall–Kier alpha value is -2.54. The summed E-state index contributed by atoms with van der Waals surface area (Å²) in [6, 6.07) is 17.7. The number of nitrogens with one attached hydrogen (secondary N) is 1. The lowest BCUT2D eigenvalue weighted by Gasteiger charge is -2.20. The highest BCUT2D eigenvalue weighted by Gasteiger charge is 2.21. The van der Waals surface area contributed by atoms with Gasteiger partial charge in [0.25, 0.3) is 15.9 Å². The Bertz CT molecular complexity index is 1150. The first-order chi connectivity index (χ1) is 13.7. The number of nitrogens with zero attached hydrogens (tertiary/aromatic N) is 1. The summed E-state index contributed by atoms with van der Waals surface area (Å²) in [6.45, 7) is 1.89. The zero-order chi connectivity index (χ0) is 21.2. The number of carbonyl (C=O) groups is 1. The van der Waals surface area contributed by atoms with Crippen LogP contribution in [0.5, 0.6) is 0 Å². The highest BCUT2D eigenvalue weighted by Crippen LogP contribution is 2.26. The van der Waals surface area contributed by atoms with E-state index in [0.29, 0.717) is 27.0 Å². The van der Waals surface area contributed by atoms with Crippen LogP contribution in [0.2, 0.25) is 10.0 Å². The lowest BCUT2D eigenvalue weighted by Crippen LogP contribution is -2.26. The number of aryl methyl sites for hydroxylation is 1. The first kappa shape index (κ1) is 21.2. The number of rotatable bonds is 5. The van der Waals surface area contributed by atoms with Gasteiger partial charge in [-0.2, -0.15) is 0 Å². The van der Waals surface area contributed by atoms with Crippen molar-refractivity contribution in [2.75, 3.05) is 16.7 Å². The van der Waals surface area contributed by atoms with Gasteiger partial charge in [0.05, 0.1) is 20.6 Å². The summed E-state index contributed by atoms with van der Waals surface area (Å²) in [5.74, 6) is -0.348. The fourth-order valence-electron chi connectivity index (χ4n) is 2.61. The van der Waals surface area contributed by atoms with Gasteiger partial charge < -0.3 is 5.32 Å². The second kappa shape index (κ2) is 8.45. The van der Waals surface area contributed by atoms with Crippen LogP contribution in [0.15, 0.2) is 71.6 Å². The zero-order valence-corrected chi connectivity index (χ0v) is 18.0. The van der Waals surface area contributed by atoms with Gasteiger partial charge in [0.2, 0.25) is 0 Å². The van der Waals surface area contributed by atoms with E-state index in [1.165, 1.54) is 11.4 Å². The van der Waals surface area contributed by atoms with E-state index in [0.717, 1.165) is 5.56 Å². The topological polar surface area (TPSA) is 66.5 Å². The lowest BCUT2D eigenvalue weighted by atomic mass is 10.2. The average Bonchev–Trinajstić information content (AvgIpc) is 2.70. The van der Waals surface area contributed by atoms with Crippen molar-refractivity contribution in [2.45, 2.75) is 11.8 Å². The molecule has 8 heteroatoms. The van der Waals surface area contributed by atoms with Gasteiger partial charge in [-0.1, -0.05) is 40.9 Å². The number of hydrogen-bond donors (Lipinski definition) is 1. The smallest absolute Gasteiger partial charge is 0.264 e. The second-order valence-electron chi connectivity index (χ2n) is 6.42. The number of sulfonamides is 1. The molecule has 0 saturated heterocycles. The molecule has 0 unspecified atom stereocenters. The molecule has 0 aliphatic carbocycles. The van der Waals surface area contributed by atoms with Gasteiger partial charge in [-0.05, 0) is 61.5 Å². The van der Waals surface area contributed by atoms with Crippen LogP contribution < -0.4 is 9.62 Å². The van der Waals surface area contributed by atoms with Crippen molar-refractivity contribution in [1.29, 1.82) is 0 Å². The van der Waals surface area contributed by atoms with E-state index in [2.05, 4.69) is 5.32 Å². The Morgan fingerprint density at radius 2 is 1.52 bits per heavy atom. The summed E-state index contributed by atoms with van der Waals surface area (Å²) in [5, 5.41) is 3.45. The molecule has 5 nitrogen and oxygen atoms in total. The van der Waals surface area contributed by atoms with E-state index in [-0.39, 0.29) is 10.8 Å². The average molecular weight is 449 g/mol. The van der Waals surface area contributed by atoms with Gasteiger partial charge in [-0.25, -0.2) is 8.42 Å². The number of halogens is 2. The second-order valence-corrected chi connectivity index (χ2v) is 9.20. The van der Waals surface area contributed by atoms with Crippen molar-refractivity contribution < 1.29 is 13.2 Å². The molecule has 0 aromatic heterocycles. The fourth-order valence-corrected chi connectivity index (χ4v) is 4.10. The number of amides is 1. The summed E-state index contributed by atoms with van der Waals surface area (Å²) in [4.78, 5) is 12.6. The maximum Gasteiger partial charge on any atom is 0.264 e. The summed E-state index contributed by atoms with van der Waals surface area (Å²) in [6.07, 6.45) is 0. The molecule has 0 fully saturated rings. The van der Waals surface area contributed by atoms with Crippen LogP contribution in [-0.2, 0) is 10.0 Å². The quantitative estimate of drug-likeness (QED) is 0.569. The van der Waals surface area contributed by atoms with E-state index in [1.54, 1.807) is 66.7 Å². The van der Waals surface area contributed by atoms with E-state index in [9.17, 15) is 13.2 Å². The van der Waals surface area contributed by atoms with Crippen LogP contribution in [0.3, 0.4) is 0 Å². The molecular formula is C21H18Cl2N2O3S. The minimum atomic E-state index is -3.69. The zero-order valence-electron chi connectivity index (χ0n) is 15.7. The molecule has 0 spiro atoms. The Balaban J connectivity index is 1.77. The van der Waals surface area contributed by atoms with Crippen LogP contribution in [-0.4, -0.2) is 21.4 Å². The van der Waals surface area contributed by atoms with Crippen molar-refractivity contribution in [3.8, 4) is 0 Å². The van der Waals surface area contributed by atoms with E-state index < -0.39 is 10.0 Å². The first-order valence-electron chi connectivity index (χ1n) is 8.60. The lowest BCUT2D eigenvalue weighted by molar-refractivity contribution is 0.102. The Kier molecular flexibility index (Phi) is 6.17. The van der Waals surface area contributed by atoms with Gasteiger partial charge in [0.15, 0.2) is 0 Å². The van der Waals surface area contributed by atoms with Gasteiger partial charge in [-0.15, -0.1) is 0 Å². The highest BCUT2D eigenvalue weighted by molar-refractivity contribution is 7.92. The Labute approximate surface area is 179 Å². The molecule has 0 aliphatic heterocycles. The maximum atomic E-state index is 12.8. The van der Waals surface area contributed by atoms with Crippen LogP contribution in [0, 0.1) is 6.92 Å². The Morgan fingerprint density at radius 1 is 0.897 bits per heavy atom. The summed E-state index contributed by atoms with van der Waals surface area (Å²) < 4.78 is 26.8. The molecule has 3 aromatic rings. The molecule has 0 heterocycles. The summed E-state index contributed by atoms with van der Waals surface area (Å²) >= 11 is 11.8. The molecule has 0 radical (unpaired) electrons. The van der Waals surface area contributed by atoms with Crippen molar-refractivity contribution in [3.63, 3.8) is 0 Å². The van der Waals surface area contributed by atoms with Crippen LogP contribution >= 0.6 is 23.2 Å². The molecule has 29 heavy (non-hydrogen) atoms. The fraction of sp³-hybridized carbons (Fsp3) is 0.0952. The molecular weight excluding hydrogens is 431 g/mol. The van der Waals surface area contributed by atoms with Crippen molar-refractivity contribution in [2.24, 2.45) is 0 Å². The standard InChI is InChI=1S/C21H18Cl2N2O3S/c1-14-3-10-18(11-4-14)29(27,28)25(2)17-8-5-15(6-9-17)21(26)24-16-7-12-19(22)20(23)13-16/h3-13H,1-2H3,(H,24,26). The molecule has 1 N–H and O–H groups in total. The maximum absolute atomic E-state index is 12.8. The van der Waals surface area contributed by atoms with Crippen LogP contribution in [0.25, 0.3) is 0 Å². The van der Waals surface area contributed by atoms with Crippen LogP contribution in [0.1, 0.15) is 15.9 Å². The minimum Gasteiger partial charge on any atom is -0.322 e. The molecule has 0 saturated carbocycles. The molecule has 3 aromatic carbocycles. The number of hydrogen-bond acceptors (Lipinski definition) is 3. The third kappa shape index (κ3) is 4.72. The predicted octanol–water partition coefficient (Wildman–Crippen LogP) is 5.38. The van der Waals surface area contributed by atoms with Crippen molar-refractivity contribution >= 4 is 50.5 Å².